The molecule has 0 radical (unpaired) electrons. The Balaban J connectivity index is 1.72. The van der Waals surface area contributed by atoms with Crippen LogP contribution in [0.15, 0.2) is 36.8 Å². The summed E-state index contributed by atoms with van der Waals surface area (Å²) in [6, 6.07) is 4.83. The minimum absolute atomic E-state index is 0.150. The maximum Gasteiger partial charge on any atom is 0.243 e. The molecule has 1 fully saturated rings. The Hall–Kier alpha value is -2.95. The van der Waals surface area contributed by atoms with E-state index in [1.54, 1.807) is 25.4 Å². The predicted molar refractivity (Wildman–Crippen MR) is 153 cm³/mol. The third-order valence-corrected chi connectivity index (χ3v) is 7.71. The molecule has 5 atom stereocenters. The average molecular weight is 558 g/mol. The molecule has 40 heavy (non-hydrogen) atoms. The number of nitrogens with two attached hydrogens (primary N) is 1. The SMILES string of the molecule is COc1ccc(CC(N)C(=O)N[C@@H](Cc2c[nH]cn2)C(=O)N[C@@H](CC2CCCCC2)[C@@H](O)[C@@H](O)CC(C)C)cc1. The van der Waals surface area contributed by atoms with E-state index in [2.05, 4.69) is 20.6 Å². The fourth-order valence-electron chi connectivity index (χ4n) is 5.45. The van der Waals surface area contributed by atoms with Gasteiger partial charge in [-0.2, -0.15) is 0 Å². The van der Waals surface area contributed by atoms with Gasteiger partial charge in [0.05, 0.1) is 37.3 Å². The first-order valence-corrected chi connectivity index (χ1v) is 14.5. The summed E-state index contributed by atoms with van der Waals surface area (Å²) < 4.78 is 5.18. The molecule has 0 bridgehead atoms. The summed E-state index contributed by atoms with van der Waals surface area (Å²) in [7, 11) is 1.59. The van der Waals surface area contributed by atoms with Crippen LogP contribution in [-0.4, -0.2) is 69.4 Å². The molecule has 2 aromatic rings. The van der Waals surface area contributed by atoms with Gasteiger partial charge < -0.3 is 36.3 Å². The van der Waals surface area contributed by atoms with Crippen molar-refractivity contribution in [3.63, 3.8) is 0 Å². The van der Waals surface area contributed by atoms with Gasteiger partial charge in [-0.15, -0.1) is 0 Å². The van der Waals surface area contributed by atoms with Gasteiger partial charge in [-0.3, -0.25) is 9.59 Å². The Bertz CT molecular complexity index is 1020. The number of carbonyl (C=O) groups is 2. The molecule has 10 heteroatoms. The number of aliphatic hydroxyl groups is 2. The van der Waals surface area contributed by atoms with Gasteiger partial charge in [0.1, 0.15) is 17.9 Å². The van der Waals surface area contributed by atoms with Gasteiger partial charge in [0.2, 0.25) is 11.8 Å². The Kier molecular flexibility index (Phi) is 12.4. The van der Waals surface area contributed by atoms with Crippen molar-refractivity contribution >= 4 is 11.8 Å². The summed E-state index contributed by atoms with van der Waals surface area (Å²) in [4.78, 5) is 33.9. The Morgan fingerprint density at radius 2 is 1.77 bits per heavy atom. The second kappa shape index (κ2) is 15.7. The zero-order valence-electron chi connectivity index (χ0n) is 24.0. The highest BCUT2D eigenvalue weighted by molar-refractivity contribution is 5.90. The third kappa shape index (κ3) is 9.91. The van der Waals surface area contributed by atoms with E-state index in [9.17, 15) is 19.8 Å². The maximum absolute atomic E-state index is 13.6. The molecule has 222 valence electrons. The quantitative estimate of drug-likeness (QED) is 0.196. The highest BCUT2D eigenvalue weighted by Crippen LogP contribution is 2.29. The number of rotatable bonds is 15. The number of aromatic amines is 1. The molecule has 1 saturated carbocycles. The zero-order chi connectivity index (χ0) is 29.1. The molecule has 1 aromatic carbocycles. The highest BCUT2D eigenvalue weighted by Gasteiger charge is 2.33. The van der Waals surface area contributed by atoms with E-state index in [0.717, 1.165) is 31.2 Å². The fraction of sp³-hybridized carbons (Fsp3) is 0.633. The lowest BCUT2D eigenvalue weighted by molar-refractivity contribution is -0.131. The van der Waals surface area contributed by atoms with Crippen molar-refractivity contribution in [2.24, 2.45) is 17.6 Å². The van der Waals surface area contributed by atoms with Crippen LogP contribution in [0.25, 0.3) is 0 Å². The lowest BCUT2D eigenvalue weighted by Crippen LogP contribution is -2.57. The van der Waals surface area contributed by atoms with Crippen LogP contribution in [0.1, 0.15) is 70.1 Å². The first-order chi connectivity index (χ1) is 19.2. The molecule has 7 N–H and O–H groups in total. The molecule has 0 aliphatic heterocycles. The summed E-state index contributed by atoms with van der Waals surface area (Å²) in [5.41, 5.74) is 7.70. The van der Waals surface area contributed by atoms with Crippen molar-refractivity contribution in [2.45, 2.75) is 102 Å². The van der Waals surface area contributed by atoms with E-state index in [4.69, 9.17) is 10.5 Å². The standard InChI is InChI=1S/C30H47N5O5/c1-19(2)13-27(36)28(37)25(15-20-7-5-4-6-8-20)34-30(39)26(16-22-17-32-18-33-22)35-29(38)24(31)14-21-9-11-23(40-3)12-10-21/h9-12,17-20,24-28,36-37H,4-8,13-16,31H2,1-3H3,(H,32,33)(H,34,39)(H,35,38)/t24?,25-,26-,27-,28+/m0/s1. The topological polar surface area (TPSA) is 163 Å². The van der Waals surface area contributed by atoms with Crippen molar-refractivity contribution < 1.29 is 24.5 Å². The first-order valence-electron chi connectivity index (χ1n) is 14.5. The minimum atomic E-state index is -1.12. The molecule has 0 spiro atoms. The van der Waals surface area contributed by atoms with Crippen molar-refractivity contribution in [2.75, 3.05) is 7.11 Å². The van der Waals surface area contributed by atoms with Crippen LogP contribution < -0.4 is 21.1 Å². The van der Waals surface area contributed by atoms with E-state index >= 15 is 0 Å². The number of hydrogen-bond donors (Lipinski definition) is 6. The summed E-state index contributed by atoms with van der Waals surface area (Å²) in [6.07, 6.45) is 8.05. The van der Waals surface area contributed by atoms with Gasteiger partial charge in [0.25, 0.3) is 0 Å². The fourth-order valence-corrected chi connectivity index (χ4v) is 5.45. The van der Waals surface area contributed by atoms with E-state index in [0.29, 0.717) is 30.2 Å². The number of amides is 2. The number of ether oxygens (including phenoxy) is 1. The summed E-state index contributed by atoms with van der Waals surface area (Å²) in [5.74, 6) is 0.355. The number of carbonyl (C=O) groups excluding carboxylic acids is 2. The molecule has 2 amide bonds. The van der Waals surface area contributed by atoms with E-state index < -0.39 is 42.1 Å². The molecular weight excluding hydrogens is 510 g/mol. The molecule has 1 heterocycles. The Labute approximate surface area is 237 Å². The monoisotopic (exact) mass is 557 g/mol. The number of nitrogens with one attached hydrogen (secondary N) is 3. The second-order valence-electron chi connectivity index (χ2n) is 11.5. The van der Waals surface area contributed by atoms with Crippen LogP contribution >= 0.6 is 0 Å². The number of methoxy groups -OCH3 is 1. The van der Waals surface area contributed by atoms with Crippen LogP contribution in [0.2, 0.25) is 0 Å². The van der Waals surface area contributed by atoms with E-state index in [-0.39, 0.29) is 18.8 Å². The lowest BCUT2D eigenvalue weighted by Gasteiger charge is -2.33. The lowest BCUT2D eigenvalue weighted by atomic mass is 9.82. The molecule has 1 unspecified atom stereocenters. The van der Waals surface area contributed by atoms with Gasteiger partial charge in [0, 0.05) is 12.6 Å². The van der Waals surface area contributed by atoms with Crippen molar-refractivity contribution in [3.05, 3.63) is 48.0 Å². The van der Waals surface area contributed by atoms with E-state index in [1.807, 2.05) is 26.0 Å². The number of hydrogen-bond acceptors (Lipinski definition) is 7. The summed E-state index contributed by atoms with van der Waals surface area (Å²) in [6.45, 7) is 3.96. The van der Waals surface area contributed by atoms with Gasteiger partial charge in [0.15, 0.2) is 0 Å². The number of aromatic nitrogens is 2. The first kappa shape index (κ1) is 31.6. The van der Waals surface area contributed by atoms with Crippen molar-refractivity contribution in [1.29, 1.82) is 0 Å². The molecule has 1 aliphatic carbocycles. The third-order valence-electron chi connectivity index (χ3n) is 7.71. The van der Waals surface area contributed by atoms with Gasteiger partial charge >= 0.3 is 0 Å². The van der Waals surface area contributed by atoms with Crippen LogP contribution in [0, 0.1) is 11.8 Å². The van der Waals surface area contributed by atoms with Gasteiger partial charge in [-0.25, -0.2) is 4.98 Å². The van der Waals surface area contributed by atoms with Gasteiger partial charge in [-0.1, -0.05) is 58.1 Å². The minimum Gasteiger partial charge on any atom is -0.497 e. The highest BCUT2D eigenvalue weighted by atomic mass is 16.5. The maximum atomic E-state index is 13.6. The number of nitrogens with zero attached hydrogens (tertiary/aromatic N) is 1. The molecule has 10 nitrogen and oxygen atoms in total. The van der Waals surface area contributed by atoms with Crippen molar-refractivity contribution in [1.82, 2.24) is 20.6 Å². The molecule has 3 rings (SSSR count). The van der Waals surface area contributed by atoms with Crippen LogP contribution in [-0.2, 0) is 22.4 Å². The van der Waals surface area contributed by atoms with Gasteiger partial charge in [-0.05, 0) is 48.8 Å². The smallest absolute Gasteiger partial charge is 0.243 e. The largest absolute Gasteiger partial charge is 0.497 e. The Morgan fingerprint density at radius 3 is 2.38 bits per heavy atom. The molecule has 0 saturated heterocycles. The zero-order valence-corrected chi connectivity index (χ0v) is 24.0. The van der Waals surface area contributed by atoms with E-state index in [1.165, 1.54) is 12.7 Å². The molecule has 1 aromatic heterocycles. The summed E-state index contributed by atoms with van der Waals surface area (Å²) in [5, 5.41) is 27.6. The number of aliphatic hydroxyl groups excluding tert-OH is 2. The number of H-pyrrole nitrogens is 1. The van der Waals surface area contributed by atoms with Crippen LogP contribution in [0.4, 0.5) is 0 Å². The molecule has 1 aliphatic rings. The van der Waals surface area contributed by atoms with Crippen molar-refractivity contribution in [3.8, 4) is 5.75 Å². The molecular formula is C30H47N5O5. The predicted octanol–water partition coefficient (Wildman–Crippen LogP) is 2.24. The Morgan fingerprint density at radius 1 is 1.07 bits per heavy atom. The number of imidazole rings is 1. The summed E-state index contributed by atoms with van der Waals surface area (Å²) >= 11 is 0. The number of benzene rings is 1. The van der Waals surface area contributed by atoms with Crippen LogP contribution in [0.3, 0.4) is 0 Å². The normalized spacial score (nSPS) is 18.0. The van der Waals surface area contributed by atoms with Crippen LogP contribution in [0.5, 0.6) is 5.75 Å². The second-order valence-corrected chi connectivity index (χ2v) is 11.5. The average Bonchev–Trinajstić information content (AvgIpc) is 3.45.